The molecule has 24 heavy (non-hydrogen) atoms. The van der Waals surface area contributed by atoms with Gasteiger partial charge in [-0.15, -0.1) is 0 Å². The third kappa shape index (κ3) is 5.19. The number of hydrogen-bond acceptors (Lipinski definition) is 3. The maximum absolute atomic E-state index is 9.95. The molecule has 2 aromatic rings. The number of aliphatic imine (C=N–C) groups is 1. The normalized spacial score (nSPS) is 11.2. The fraction of sp³-hybridized carbons (Fsp3) is 0.316. The van der Waals surface area contributed by atoms with Gasteiger partial charge in [0.2, 0.25) is 0 Å². The summed E-state index contributed by atoms with van der Waals surface area (Å²) in [6.07, 6.45) is 0. The van der Waals surface area contributed by atoms with Gasteiger partial charge in [0.25, 0.3) is 0 Å². The van der Waals surface area contributed by atoms with Crippen molar-refractivity contribution in [3.8, 4) is 11.5 Å². The molecule has 0 atom stereocenters. The molecule has 0 heterocycles. The van der Waals surface area contributed by atoms with Gasteiger partial charge in [0, 0.05) is 18.7 Å². The Morgan fingerprint density at radius 1 is 1.12 bits per heavy atom. The summed E-state index contributed by atoms with van der Waals surface area (Å²) >= 11 is 0. The van der Waals surface area contributed by atoms with Crippen LogP contribution in [0.1, 0.15) is 23.6 Å². The molecule has 5 heteroatoms. The summed E-state index contributed by atoms with van der Waals surface area (Å²) in [6, 6.07) is 13.5. The summed E-state index contributed by atoms with van der Waals surface area (Å²) in [5.74, 6) is 1.66. The highest BCUT2D eigenvalue weighted by atomic mass is 16.5. The number of methoxy groups -OCH3 is 1. The molecule has 0 radical (unpaired) electrons. The molecule has 5 nitrogen and oxygen atoms in total. The first-order valence-electron chi connectivity index (χ1n) is 8.06. The fourth-order valence-corrected chi connectivity index (χ4v) is 2.21. The van der Waals surface area contributed by atoms with Crippen molar-refractivity contribution >= 4 is 5.96 Å². The Hall–Kier alpha value is -2.69. The van der Waals surface area contributed by atoms with E-state index in [9.17, 15) is 5.11 Å². The lowest BCUT2D eigenvalue weighted by Crippen LogP contribution is -2.36. The smallest absolute Gasteiger partial charge is 0.191 e. The van der Waals surface area contributed by atoms with E-state index in [0.29, 0.717) is 24.8 Å². The topological polar surface area (TPSA) is 65.9 Å². The van der Waals surface area contributed by atoms with Gasteiger partial charge >= 0.3 is 0 Å². The van der Waals surface area contributed by atoms with Crippen LogP contribution in [0, 0.1) is 6.92 Å². The minimum atomic E-state index is 0.234. The zero-order chi connectivity index (χ0) is 17.4. The third-order valence-corrected chi connectivity index (χ3v) is 3.62. The zero-order valence-corrected chi connectivity index (χ0v) is 14.5. The number of phenolic OH excluding ortho intramolecular Hbond substituents is 1. The summed E-state index contributed by atoms with van der Waals surface area (Å²) in [6.45, 7) is 5.91. The molecule has 128 valence electrons. The van der Waals surface area contributed by atoms with E-state index in [0.717, 1.165) is 17.7 Å². The summed E-state index contributed by atoms with van der Waals surface area (Å²) in [5.41, 5.74) is 3.15. The second-order valence-electron chi connectivity index (χ2n) is 5.53. The molecule has 0 aliphatic rings. The first-order valence-corrected chi connectivity index (χ1v) is 8.06. The standard InChI is InChI=1S/C19H25N3O2/c1-4-20-19(21-12-15-7-5-14(2)6-8-15)22-13-16-11-17(24-3)9-10-18(16)23/h5-11,23H,4,12-13H2,1-3H3,(H2,20,21,22). The van der Waals surface area contributed by atoms with Crippen molar-refractivity contribution in [3.05, 3.63) is 59.2 Å². The van der Waals surface area contributed by atoms with Gasteiger partial charge in [-0.25, -0.2) is 4.99 Å². The van der Waals surface area contributed by atoms with Crippen molar-refractivity contribution in [2.24, 2.45) is 4.99 Å². The fourth-order valence-electron chi connectivity index (χ4n) is 2.21. The van der Waals surface area contributed by atoms with Gasteiger partial charge in [0.05, 0.1) is 13.7 Å². The van der Waals surface area contributed by atoms with Gasteiger partial charge in [-0.3, -0.25) is 0 Å². The van der Waals surface area contributed by atoms with Crippen LogP contribution in [0.4, 0.5) is 0 Å². The predicted molar refractivity (Wildman–Crippen MR) is 97.5 cm³/mol. The average Bonchev–Trinajstić information content (AvgIpc) is 2.60. The van der Waals surface area contributed by atoms with E-state index in [1.807, 2.05) is 13.0 Å². The summed E-state index contributed by atoms with van der Waals surface area (Å²) < 4.78 is 5.19. The lowest BCUT2D eigenvalue weighted by molar-refractivity contribution is 0.410. The van der Waals surface area contributed by atoms with Crippen molar-refractivity contribution in [1.29, 1.82) is 0 Å². The summed E-state index contributed by atoms with van der Waals surface area (Å²) in [4.78, 5) is 4.58. The van der Waals surface area contributed by atoms with Crippen LogP contribution >= 0.6 is 0 Å². The lowest BCUT2D eigenvalue weighted by atomic mass is 10.1. The second-order valence-corrected chi connectivity index (χ2v) is 5.53. The molecule has 0 saturated heterocycles. The molecule has 0 unspecified atom stereocenters. The average molecular weight is 327 g/mol. The highest BCUT2D eigenvalue weighted by molar-refractivity contribution is 5.79. The monoisotopic (exact) mass is 327 g/mol. The van der Waals surface area contributed by atoms with Crippen LogP contribution in [0.3, 0.4) is 0 Å². The first kappa shape index (κ1) is 17.7. The molecule has 2 aromatic carbocycles. The quantitative estimate of drug-likeness (QED) is 0.564. The van der Waals surface area contributed by atoms with Crippen LogP contribution in [0.2, 0.25) is 0 Å². The van der Waals surface area contributed by atoms with Crippen LogP contribution in [0.15, 0.2) is 47.5 Å². The number of rotatable bonds is 6. The van der Waals surface area contributed by atoms with Gasteiger partial charge in [-0.2, -0.15) is 0 Å². The molecule has 2 rings (SSSR count). The number of hydrogen-bond donors (Lipinski definition) is 3. The number of benzene rings is 2. The summed E-state index contributed by atoms with van der Waals surface area (Å²) in [7, 11) is 1.61. The molecular weight excluding hydrogens is 302 g/mol. The number of guanidine groups is 1. The highest BCUT2D eigenvalue weighted by Crippen LogP contribution is 2.22. The van der Waals surface area contributed by atoms with Crippen molar-refractivity contribution < 1.29 is 9.84 Å². The Bertz CT molecular complexity index is 682. The number of phenols is 1. The third-order valence-electron chi connectivity index (χ3n) is 3.62. The van der Waals surface area contributed by atoms with Gasteiger partial charge in [-0.1, -0.05) is 29.8 Å². The number of aromatic hydroxyl groups is 1. The number of ether oxygens (including phenoxy) is 1. The molecule has 3 N–H and O–H groups in total. The van der Waals surface area contributed by atoms with Gasteiger partial charge < -0.3 is 20.5 Å². The Kier molecular flexibility index (Phi) is 6.49. The number of nitrogens with zero attached hydrogens (tertiary/aromatic N) is 1. The van der Waals surface area contributed by atoms with E-state index >= 15 is 0 Å². The summed E-state index contributed by atoms with van der Waals surface area (Å²) in [5, 5.41) is 16.4. The van der Waals surface area contributed by atoms with Crippen LogP contribution < -0.4 is 15.4 Å². The van der Waals surface area contributed by atoms with E-state index in [-0.39, 0.29) is 5.75 Å². The second kappa shape index (κ2) is 8.82. The van der Waals surface area contributed by atoms with E-state index < -0.39 is 0 Å². The largest absolute Gasteiger partial charge is 0.508 e. The highest BCUT2D eigenvalue weighted by Gasteiger charge is 2.05. The van der Waals surface area contributed by atoms with Crippen LogP contribution in [0.25, 0.3) is 0 Å². The van der Waals surface area contributed by atoms with E-state index in [1.165, 1.54) is 5.56 Å². The minimum absolute atomic E-state index is 0.234. The van der Waals surface area contributed by atoms with Gasteiger partial charge in [0.1, 0.15) is 11.5 Å². The Morgan fingerprint density at radius 3 is 2.54 bits per heavy atom. The molecule has 0 amide bonds. The molecule has 0 spiro atoms. The predicted octanol–water partition coefficient (Wildman–Crippen LogP) is 2.96. The van der Waals surface area contributed by atoms with Crippen molar-refractivity contribution in [3.63, 3.8) is 0 Å². The van der Waals surface area contributed by atoms with Crippen LogP contribution in [-0.2, 0) is 13.1 Å². The van der Waals surface area contributed by atoms with Crippen molar-refractivity contribution in [2.75, 3.05) is 13.7 Å². The minimum Gasteiger partial charge on any atom is -0.508 e. The van der Waals surface area contributed by atoms with Gasteiger partial charge in [-0.05, 0) is 37.6 Å². The first-order chi connectivity index (χ1) is 11.6. The maximum atomic E-state index is 9.95. The SMILES string of the molecule is CCNC(=NCc1ccc(C)cc1)NCc1cc(OC)ccc1O. The zero-order valence-electron chi connectivity index (χ0n) is 14.5. The maximum Gasteiger partial charge on any atom is 0.191 e. The Balaban J connectivity index is 2.02. The molecular formula is C19H25N3O2. The molecule has 0 fully saturated rings. The van der Waals surface area contributed by atoms with Crippen LogP contribution in [-0.4, -0.2) is 24.7 Å². The molecule has 0 saturated carbocycles. The van der Waals surface area contributed by atoms with Crippen molar-refractivity contribution in [2.45, 2.75) is 26.9 Å². The molecule has 0 aromatic heterocycles. The van der Waals surface area contributed by atoms with E-state index in [1.54, 1.807) is 19.2 Å². The lowest BCUT2D eigenvalue weighted by Gasteiger charge is -2.13. The van der Waals surface area contributed by atoms with Crippen molar-refractivity contribution in [1.82, 2.24) is 10.6 Å². The Morgan fingerprint density at radius 2 is 1.88 bits per heavy atom. The van der Waals surface area contributed by atoms with Gasteiger partial charge in [0.15, 0.2) is 5.96 Å². The van der Waals surface area contributed by atoms with E-state index in [4.69, 9.17) is 4.74 Å². The Labute approximate surface area is 143 Å². The molecule has 0 aliphatic heterocycles. The van der Waals surface area contributed by atoms with Crippen LogP contribution in [0.5, 0.6) is 11.5 Å². The van der Waals surface area contributed by atoms with E-state index in [2.05, 4.69) is 46.8 Å². The molecule has 0 aliphatic carbocycles. The number of nitrogens with one attached hydrogen (secondary N) is 2. The molecule has 0 bridgehead atoms. The number of aryl methyl sites for hydroxylation is 1.